The molecule has 0 aromatic heterocycles. The van der Waals surface area contributed by atoms with Gasteiger partial charge in [-0.2, -0.15) is 0 Å². The maximum atomic E-state index is 13.9. The normalized spacial score (nSPS) is 28.8. The van der Waals surface area contributed by atoms with Gasteiger partial charge in [-0.05, 0) is 30.9 Å². The standard InChI is InChI=1S/C19H22F2N2O3/c20-14-5-2-6-15(21)16(14)17(24)23-9-13-8-22(7-12-3-1-4-12)10-19(13,11-23)18(25)26/h2,5-6,12-13H,1,3-4,7-11H2,(H,25,26)/t13-,19-/m1/s1. The largest absolute Gasteiger partial charge is 0.481 e. The smallest absolute Gasteiger partial charge is 0.313 e. The van der Waals surface area contributed by atoms with Crippen LogP contribution in [0, 0.1) is 28.9 Å². The highest BCUT2D eigenvalue weighted by Crippen LogP contribution is 2.44. The van der Waals surface area contributed by atoms with E-state index in [4.69, 9.17) is 0 Å². The minimum absolute atomic E-state index is 0.000768. The van der Waals surface area contributed by atoms with Crippen LogP contribution in [0.5, 0.6) is 0 Å². The molecule has 3 fully saturated rings. The van der Waals surface area contributed by atoms with E-state index in [1.165, 1.54) is 30.2 Å². The molecule has 0 radical (unpaired) electrons. The van der Waals surface area contributed by atoms with Crippen LogP contribution < -0.4 is 0 Å². The number of likely N-dealkylation sites (tertiary alicyclic amines) is 2. The van der Waals surface area contributed by atoms with E-state index in [0.29, 0.717) is 19.0 Å². The van der Waals surface area contributed by atoms with E-state index < -0.39 is 34.5 Å². The maximum Gasteiger partial charge on any atom is 0.313 e. The van der Waals surface area contributed by atoms with E-state index in [2.05, 4.69) is 4.90 Å². The molecular formula is C19H22F2N2O3. The highest BCUT2D eigenvalue weighted by molar-refractivity contribution is 5.95. The van der Waals surface area contributed by atoms with Crippen molar-refractivity contribution in [3.63, 3.8) is 0 Å². The molecular weight excluding hydrogens is 342 g/mol. The summed E-state index contributed by atoms with van der Waals surface area (Å²) >= 11 is 0. The Bertz CT molecular complexity index is 732. The summed E-state index contributed by atoms with van der Waals surface area (Å²) in [5.74, 6) is -3.08. The van der Waals surface area contributed by atoms with Gasteiger partial charge in [-0.1, -0.05) is 12.5 Å². The van der Waals surface area contributed by atoms with Gasteiger partial charge in [-0.3, -0.25) is 9.59 Å². The molecule has 2 heterocycles. The summed E-state index contributed by atoms with van der Waals surface area (Å²) in [6.45, 7) is 2.14. The minimum Gasteiger partial charge on any atom is -0.481 e. The molecule has 1 amide bonds. The Labute approximate surface area is 150 Å². The van der Waals surface area contributed by atoms with Gasteiger partial charge in [0.1, 0.15) is 22.6 Å². The number of nitrogens with zero attached hydrogens (tertiary/aromatic N) is 2. The second-order valence-electron chi connectivity index (χ2n) is 7.93. The van der Waals surface area contributed by atoms with Gasteiger partial charge in [0.05, 0.1) is 0 Å². The molecule has 0 bridgehead atoms. The van der Waals surface area contributed by atoms with E-state index in [9.17, 15) is 23.5 Å². The third kappa shape index (κ3) is 2.69. The first-order valence-corrected chi connectivity index (χ1v) is 9.10. The molecule has 3 aliphatic rings. The molecule has 2 atom stereocenters. The topological polar surface area (TPSA) is 60.9 Å². The first-order chi connectivity index (χ1) is 12.4. The SMILES string of the molecule is O=C(c1c(F)cccc1F)N1C[C@H]2CN(CC3CCC3)C[C@@]2(C(=O)O)C1. The zero-order chi connectivity index (χ0) is 18.5. The average molecular weight is 364 g/mol. The van der Waals surface area contributed by atoms with E-state index >= 15 is 0 Å². The summed E-state index contributed by atoms with van der Waals surface area (Å²) in [5.41, 5.74) is -1.64. The number of benzene rings is 1. The molecule has 2 saturated heterocycles. The lowest BCUT2D eigenvalue weighted by Gasteiger charge is -2.31. The summed E-state index contributed by atoms with van der Waals surface area (Å²) in [6.07, 6.45) is 3.62. The van der Waals surface area contributed by atoms with Crippen molar-refractivity contribution in [3.8, 4) is 0 Å². The average Bonchev–Trinajstić information content (AvgIpc) is 3.05. The molecule has 5 nitrogen and oxygen atoms in total. The minimum atomic E-state index is -1.04. The molecule has 1 aromatic rings. The molecule has 1 saturated carbocycles. The number of rotatable bonds is 4. The third-order valence-corrected chi connectivity index (χ3v) is 6.31. The number of hydrogen-bond donors (Lipinski definition) is 1. The summed E-state index contributed by atoms with van der Waals surface area (Å²) in [6, 6.07) is 3.29. The molecule has 4 rings (SSSR count). The van der Waals surface area contributed by atoms with Gasteiger partial charge in [0.25, 0.3) is 5.91 Å². The van der Waals surface area contributed by atoms with Crippen LogP contribution in [0.3, 0.4) is 0 Å². The Morgan fingerprint density at radius 2 is 1.85 bits per heavy atom. The molecule has 26 heavy (non-hydrogen) atoms. The van der Waals surface area contributed by atoms with E-state index in [1.807, 2.05) is 0 Å². The summed E-state index contributed by atoms with van der Waals surface area (Å²) in [7, 11) is 0. The zero-order valence-electron chi connectivity index (χ0n) is 14.5. The van der Waals surface area contributed by atoms with Gasteiger partial charge < -0.3 is 14.9 Å². The molecule has 1 aliphatic carbocycles. The number of fused-ring (bicyclic) bond motifs is 1. The Morgan fingerprint density at radius 1 is 1.15 bits per heavy atom. The summed E-state index contributed by atoms with van der Waals surface area (Å²) in [5, 5.41) is 9.86. The number of carboxylic acids is 1. The number of aliphatic carboxylic acids is 1. The van der Waals surface area contributed by atoms with Crippen LogP contribution >= 0.6 is 0 Å². The molecule has 2 aliphatic heterocycles. The number of hydrogen-bond acceptors (Lipinski definition) is 3. The van der Waals surface area contributed by atoms with Crippen molar-refractivity contribution in [2.75, 3.05) is 32.7 Å². The van der Waals surface area contributed by atoms with E-state index in [1.54, 1.807) is 0 Å². The lowest BCUT2D eigenvalue weighted by atomic mass is 9.81. The monoisotopic (exact) mass is 364 g/mol. The van der Waals surface area contributed by atoms with Crippen molar-refractivity contribution in [1.29, 1.82) is 0 Å². The van der Waals surface area contributed by atoms with Crippen molar-refractivity contribution in [1.82, 2.24) is 9.80 Å². The van der Waals surface area contributed by atoms with Crippen LogP contribution in [0.1, 0.15) is 29.6 Å². The van der Waals surface area contributed by atoms with Crippen LogP contribution in [0.2, 0.25) is 0 Å². The van der Waals surface area contributed by atoms with Gasteiger partial charge in [-0.15, -0.1) is 0 Å². The van der Waals surface area contributed by atoms with Crippen LogP contribution in [0.4, 0.5) is 8.78 Å². The van der Waals surface area contributed by atoms with Gasteiger partial charge >= 0.3 is 5.97 Å². The Morgan fingerprint density at radius 3 is 2.38 bits per heavy atom. The highest BCUT2D eigenvalue weighted by Gasteiger charge is 2.58. The first kappa shape index (κ1) is 17.4. The molecule has 1 aromatic carbocycles. The van der Waals surface area contributed by atoms with Crippen LogP contribution in [-0.2, 0) is 4.79 Å². The van der Waals surface area contributed by atoms with E-state index in [-0.39, 0.29) is 19.0 Å². The second-order valence-corrected chi connectivity index (χ2v) is 7.93. The first-order valence-electron chi connectivity index (χ1n) is 9.10. The Balaban J connectivity index is 1.53. The van der Waals surface area contributed by atoms with Gasteiger partial charge in [0.2, 0.25) is 0 Å². The number of halogens is 2. The zero-order valence-corrected chi connectivity index (χ0v) is 14.5. The van der Waals surface area contributed by atoms with Crippen LogP contribution in [0.15, 0.2) is 18.2 Å². The quantitative estimate of drug-likeness (QED) is 0.890. The lowest BCUT2D eigenvalue weighted by molar-refractivity contribution is -0.148. The van der Waals surface area contributed by atoms with Crippen molar-refractivity contribution in [2.45, 2.75) is 19.3 Å². The fourth-order valence-electron chi connectivity index (χ4n) is 4.67. The van der Waals surface area contributed by atoms with Gasteiger partial charge in [-0.25, -0.2) is 8.78 Å². The van der Waals surface area contributed by atoms with Gasteiger partial charge in [0, 0.05) is 38.6 Å². The molecule has 140 valence electrons. The number of carboxylic acid groups (broad SMARTS) is 1. The van der Waals surface area contributed by atoms with E-state index in [0.717, 1.165) is 18.7 Å². The van der Waals surface area contributed by atoms with Gasteiger partial charge in [0.15, 0.2) is 0 Å². The fourth-order valence-corrected chi connectivity index (χ4v) is 4.67. The highest BCUT2D eigenvalue weighted by atomic mass is 19.1. The lowest BCUT2D eigenvalue weighted by Crippen LogP contribution is -2.43. The number of amides is 1. The predicted molar refractivity (Wildman–Crippen MR) is 89.6 cm³/mol. The Kier molecular flexibility index (Phi) is 4.22. The maximum absolute atomic E-state index is 13.9. The van der Waals surface area contributed by atoms with Crippen molar-refractivity contribution >= 4 is 11.9 Å². The molecule has 1 N–H and O–H groups in total. The van der Waals surface area contributed by atoms with Crippen LogP contribution in [0.25, 0.3) is 0 Å². The van der Waals surface area contributed by atoms with Crippen molar-refractivity contribution < 1.29 is 23.5 Å². The van der Waals surface area contributed by atoms with Crippen LogP contribution in [-0.4, -0.2) is 59.5 Å². The van der Waals surface area contributed by atoms with Crippen molar-refractivity contribution in [3.05, 3.63) is 35.4 Å². The van der Waals surface area contributed by atoms with Crippen molar-refractivity contribution in [2.24, 2.45) is 17.3 Å². The molecule has 0 unspecified atom stereocenters. The molecule has 0 spiro atoms. The number of carbonyl (C=O) groups excluding carboxylic acids is 1. The summed E-state index contributed by atoms with van der Waals surface area (Å²) < 4.78 is 27.9. The molecule has 7 heteroatoms. The Hall–Kier alpha value is -2.02. The second kappa shape index (κ2) is 6.30. The number of carbonyl (C=O) groups is 2. The fraction of sp³-hybridized carbons (Fsp3) is 0.579. The summed E-state index contributed by atoms with van der Waals surface area (Å²) in [4.78, 5) is 28.2. The predicted octanol–water partition coefficient (Wildman–Crippen LogP) is 2.22. The third-order valence-electron chi connectivity index (χ3n) is 6.31.